The molecule has 0 aliphatic heterocycles. The molecule has 0 fully saturated rings. The number of benzene rings is 1. The van der Waals surface area contributed by atoms with Gasteiger partial charge in [-0.15, -0.1) is 0 Å². The Morgan fingerprint density at radius 2 is 1.81 bits per heavy atom. The second-order valence-corrected chi connectivity index (χ2v) is 6.46. The number of anilines is 1. The van der Waals surface area contributed by atoms with Crippen molar-refractivity contribution in [1.82, 2.24) is 4.31 Å². The molecule has 0 amide bonds. The van der Waals surface area contributed by atoms with Gasteiger partial charge >= 0.3 is 6.18 Å². The first-order valence-electron chi connectivity index (χ1n) is 6.04. The van der Waals surface area contributed by atoms with Crippen LogP contribution in [-0.2, 0) is 10.0 Å². The molecule has 1 aromatic carbocycles. The lowest BCUT2D eigenvalue weighted by Gasteiger charge is -2.24. The van der Waals surface area contributed by atoms with Gasteiger partial charge in [-0.2, -0.15) is 17.5 Å². The van der Waals surface area contributed by atoms with Gasteiger partial charge in [0.1, 0.15) is 12.4 Å². The van der Waals surface area contributed by atoms with Crippen LogP contribution in [-0.4, -0.2) is 32.0 Å². The van der Waals surface area contributed by atoms with Crippen molar-refractivity contribution in [2.75, 3.05) is 18.8 Å². The van der Waals surface area contributed by atoms with E-state index < -0.39 is 28.6 Å². The number of aryl methyl sites for hydroxylation is 1. The van der Waals surface area contributed by atoms with Crippen LogP contribution in [0.15, 0.2) is 11.0 Å². The Morgan fingerprint density at radius 1 is 1.29 bits per heavy atom. The molecule has 0 unspecified atom stereocenters. The molecule has 0 radical (unpaired) electrons. The molecule has 0 spiro atoms. The average molecular weight is 328 g/mol. The Morgan fingerprint density at radius 3 is 2.24 bits per heavy atom. The van der Waals surface area contributed by atoms with Crippen LogP contribution in [0.3, 0.4) is 0 Å². The van der Waals surface area contributed by atoms with Crippen molar-refractivity contribution in [1.29, 1.82) is 0 Å². The van der Waals surface area contributed by atoms with Crippen LogP contribution in [0.2, 0.25) is 0 Å². The van der Waals surface area contributed by atoms with Crippen LogP contribution in [0.4, 0.5) is 23.2 Å². The van der Waals surface area contributed by atoms with Gasteiger partial charge in [0.05, 0.1) is 10.6 Å². The number of hydrogen-bond donors (Lipinski definition) is 1. The molecule has 0 saturated carbocycles. The molecule has 2 N–H and O–H groups in total. The minimum Gasteiger partial charge on any atom is -0.396 e. The molecule has 0 atom stereocenters. The largest absolute Gasteiger partial charge is 0.402 e. The summed E-state index contributed by atoms with van der Waals surface area (Å²) >= 11 is 0. The minimum atomic E-state index is -4.67. The van der Waals surface area contributed by atoms with Crippen molar-refractivity contribution in [2.45, 2.75) is 31.8 Å². The maximum atomic E-state index is 13.4. The van der Waals surface area contributed by atoms with Crippen molar-refractivity contribution in [3.05, 3.63) is 23.0 Å². The standard InChI is InChI=1S/C12H16F4N2O2S/c1-4-18(6-12(14,15)16)21(19,20)11-7(2)5-9(13)10(17)8(11)3/h5H,4,6,17H2,1-3H3. The van der Waals surface area contributed by atoms with Gasteiger partial charge in [-0.05, 0) is 31.0 Å². The van der Waals surface area contributed by atoms with E-state index in [2.05, 4.69) is 0 Å². The quantitative estimate of drug-likeness (QED) is 0.682. The monoisotopic (exact) mass is 328 g/mol. The molecule has 1 rings (SSSR count). The molecule has 0 bridgehead atoms. The average Bonchev–Trinajstić information content (AvgIpc) is 2.31. The molecule has 21 heavy (non-hydrogen) atoms. The van der Waals surface area contributed by atoms with Crippen LogP contribution < -0.4 is 5.73 Å². The predicted octanol–water partition coefficient (Wildman–Crippen LogP) is 2.60. The molecule has 0 aliphatic rings. The van der Waals surface area contributed by atoms with Gasteiger partial charge in [-0.1, -0.05) is 6.92 Å². The van der Waals surface area contributed by atoms with Crippen molar-refractivity contribution < 1.29 is 26.0 Å². The second kappa shape index (κ2) is 5.80. The Hall–Kier alpha value is -1.35. The highest BCUT2D eigenvalue weighted by molar-refractivity contribution is 7.89. The van der Waals surface area contributed by atoms with Gasteiger partial charge in [0.15, 0.2) is 0 Å². The summed E-state index contributed by atoms with van der Waals surface area (Å²) in [5, 5.41) is 0. The summed E-state index contributed by atoms with van der Waals surface area (Å²) in [6.45, 7) is 1.89. The zero-order valence-electron chi connectivity index (χ0n) is 11.8. The summed E-state index contributed by atoms with van der Waals surface area (Å²) in [6.07, 6.45) is -4.67. The third kappa shape index (κ3) is 3.65. The Balaban J connectivity index is 3.47. The Labute approximate surface area is 120 Å². The fourth-order valence-electron chi connectivity index (χ4n) is 2.02. The molecule has 0 heterocycles. The topological polar surface area (TPSA) is 63.4 Å². The first kappa shape index (κ1) is 17.7. The van der Waals surface area contributed by atoms with E-state index in [1.807, 2.05) is 0 Å². The third-order valence-electron chi connectivity index (χ3n) is 3.01. The van der Waals surface area contributed by atoms with Gasteiger partial charge in [-0.3, -0.25) is 0 Å². The van der Waals surface area contributed by atoms with E-state index in [4.69, 9.17) is 5.73 Å². The van der Waals surface area contributed by atoms with Gasteiger partial charge in [0, 0.05) is 6.54 Å². The van der Waals surface area contributed by atoms with E-state index >= 15 is 0 Å². The number of rotatable bonds is 4. The lowest BCUT2D eigenvalue weighted by atomic mass is 10.1. The summed E-state index contributed by atoms with van der Waals surface area (Å²) in [4.78, 5) is -0.382. The number of nitrogens with two attached hydrogens (primary N) is 1. The summed E-state index contributed by atoms with van der Waals surface area (Å²) < 4.78 is 76.0. The van der Waals surface area contributed by atoms with Crippen LogP contribution in [0.5, 0.6) is 0 Å². The maximum absolute atomic E-state index is 13.4. The van der Waals surface area contributed by atoms with Gasteiger partial charge < -0.3 is 5.73 Å². The third-order valence-corrected chi connectivity index (χ3v) is 5.22. The number of hydrogen-bond acceptors (Lipinski definition) is 3. The lowest BCUT2D eigenvalue weighted by Crippen LogP contribution is -2.39. The molecular formula is C12H16F4N2O2S. The van der Waals surface area contributed by atoms with Gasteiger partial charge in [-0.25, -0.2) is 12.8 Å². The molecule has 1 aromatic rings. The van der Waals surface area contributed by atoms with Crippen LogP contribution in [0.25, 0.3) is 0 Å². The van der Waals surface area contributed by atoms with Crippen molar-refractivity contribution in [3.63, 3.8) is 0 Å². The van der Waals surface area contributed by atoms with E-state index in [0.29, 0.717) is 4.31 Å². The predicted molar refractivity (Wildman–Crippen MR) is 70.8 cm³/mol. The summed E-state index contributed by atoms with van der Waals surface area (Å²) in [7, 11) is -4.42. The SMILES string of the molecule is CCN(CC(F)(F)F)S(=O)(=O)c1c(C)cc(F)c(N)c1C. The highest BCUT2D eigenvalue weighted by Gasteiger charge is 2.37. The normalized spacial score (nSPS) is 13.0. The maximum Gasteiger partial charge on any atom is 0.402 e. The Bertz CT molecular complexity index is 642. The fourth-order valence-corrected chi connectivity index (χ4v) is 3.90. The van der Waals surface area contributed by atoms with Crippen LogP contribution in [0.1, 0.15) is 18.1 Å². The summed E-state index contributed by atoms with van der Waals surface area (Å²) in [5.74, 6) is -0.803. The zero-order valence-corrected chi connectivity index (χ0v) is 12.6. The van der Waals surface area contributed by atoms with E-state index in [1.165, 1.54) is 20.8 Å². The van der Waals surface area contributed by atoms with Gasteiger partial charge in [0.25, 0.3) is 0 Å². The summed E-state index contributed by atoms with van der Waals surface area (Å²) in [6, 6.07) is 0.899. The van der Waals surface area contributed by atoms with Crippen molar-refractivity contribution in [2.24, 2.45) is 0 Å². The van der Waals surface area contributed by atoms with E-state index in [1.54, 1.807) is 0 Å². The van der Waals surface area contributed by atoms with Crippen LogP contribution in [0, 0.1) is 19.7 Å². The van der Waals surface area contributed by atoms with Crippen molar-refractivity contribution in [3.8, 4) is 0 Å². The number of nitrogens with zero attached hydrogens (tertiary/aromatic N) is 1. The molecule has 9 heteroatoms. The molecule has 4 nitrogen and oxygen atoms in total. The highest BCUT2D eigenvalue weighted by atomic mass is 32.2. The highest BCUT2D eigenvalue weighted by Crippen LogP contribution is 2.31. The Kier molecular flexibility index (Phi) is 4.89. The van der Waals surface area contributed by atoms with Gasteiger partial charge in [0.2, 0.25) is 10.0 Å². The second-order valence-electron chi connectivity index (χ2n) is 4.59. The van der Waals surface area contributed by atoms with Crippen molar-refractivity contribution >= 4 is 15.7 Å². The number of halogens is 4. The van der Waals surface area contributed by atoms with Crippen LogP contribution >= 0.6 is 0 Å². The zero-order chi connectivity index (χ0) is 16.6. The molecular weight excluding hydrogens is 312 g/mol. The fraction of sp³-hybridized carbons (Fsp3) is 0.500. The smallest absolute Gasteiger partial charge is 0.396 e. The number of alkyl halides is 3. The first-order valence-corrected chi connectivity index (χ1v) is 7.48. The molecule has 0 aliphatic carbocycles. The lowest BCUT2D eigenvalue weighted by molar-refractivity contribution is -0.135. The number of nitrogen functional groups attached to an aromatic ring is 1. The first-order chi connectivity index (χ1) is 9.41. The van der Waals surface area contributed by atoms with E-state index in [9.17, 15) is 26.0 Å². The summed E-state index contributed by atoms with van der Waals surface area (Å²) in [5.41, 5.74) is 4.97. The minimum absolute atomic E-state index is 0.0137. The molecule has 0 aromatic heterocycles. The molecule has 0 saturated heterocycles. The van der Waals surface area contributed by atoms with E-state index in [-0.39, 0.29) is 28.3 Å². The number of sulfonamides is 1. The molecule has 120 valence electrons. The van der Waals surface area contributed by atoms with E-state index in [0.717, 1.165) is 6.07 Å².